The largest absolute Gasteiger partial charge is 0.422 e. The van der Waals surface area contributed by atoms with E-state index in [1.807, 2.05) is 6.07 Å². The zero-order valence-corrected chi connectivity index (χ0v) is 7.88. The smallest absolute Gasteiger partial charge is 0.343 e. The summed E-state index contributed by atoms with van der Waals surface area (Å²) in [7, 11) is 0. The molecule has 1 aromatic carbocycles. The van der Waals surface area contributed by atoms with Crippen molar-refractivity contribution in [2.75, 3.05) is 0 Å². The van der Waals surface area contributed by atoms with Crippen molar-refractivity contribution in [1.29, 1.82) is 0 Å². The third-order valence-electron chi connectivity index (χ3n) is 1.81. The van der Waals surface area contributed by atoms with Crippen molar-refractivity contribution in [2.45, 2.75) is 0 Å². The number of benzene rings is 1. The number of carbonyl (C=O) groups excluding carboxylic acids is 1. The van der Waals surface area contributed by atoms with Crippen LogP contribution in [0.1, 0.15) is 10.4 Å². The lowest BCUT2D eigenvalue weighted by atomic mass is 10.2. The Labute approximate surface area is 87.3 Å². The van der Waals surface area contributed by atoms with Gasteiger partial charge in [0.25, 0.3) is 0 Å². The van der Waals surface area contributed by atoms with Crippen LogP contribution in [0, 0.1) is 6.07 Å². The van der Waals surface area contributed by atoms with Crippen molar-refractivity contribution in [3.63, 3.8) is 0 Å². The van der Waals surface area contributed by atoms with Gasteiger partial charge in [-0.05, 0) is 18.2 Å². The highest BCUT2D eigenvalue weighted by atomic mass is 16.5. The van der Waals surface area contributed by atoms with Gasteiger partial charge in [0.05, 0.1) is 5.56 Å². The Kier molecular flexibility index (Phi) is 2.74. The number of aromatic nitrogens is 1. The molecule has 0 spiro atoms. The molecule has 0 saturated heterocycles. The summed E-state index contributed by atoms with van der Waals surface area (Å²) < 4.78 is 5.07. The Hall–Kier alpha value is -2.16. The van der Waals surface area contributed by atoms with Crippen molar-refractivity contribution in [3.05, 3.63) is 60.4 Å². The molecule has 0 atom stereocenters. The van der Waals surface area contributed by atoms with Crippen LogP contribution in [0.2, 0.25) is 0 Å². The van der Waals surface area contributed by atoms with E-state index in [4.69, 9.17) is 4.74 Å². The summed E-state index contributed by atoms with van der Waals surface area (Å²) >= 11 is 0. The number of rotatable bonds is 2. The molecular formula is C12H8NO2. The molecule has 0 aliphatic rings. The molecule has 0 aliphatic carbocycles. The van der Waals surface area contributed by atoms with Crippen molar-refractivity contribution in [2.24, 2.45) is 0 Å². The third-order valence-corrected chi connectivity index (χ3v) is 1.81. The van der Waals surface area contributed by atoms with E-state index >= 15 is 0 Å². The molecule has 0 fully saturated rings. The first-order valence-electron chi connectivity index (χ1n) is 4.45. The average Bonchev–Trinajstić information content (AvgIpc) is 2.31. The summed E-state index contributed by atoms with van der Waals surface area (Å²) in [6.45, 7) is 0. The van der Waals surface area contributed by atoms with Crippen LogP contribution in [-0.4, -0.2) is 11.0 Å². The van der Waals surface area contributed by atoms with Crippen LogP contribution in [0.3, 0.4) is 0 Å². The fourth-order valence-electron chi connectivity index (χ4n) is 1.10. The van der Waals surface area contributed by atoms with E-state index in [0.29, 0.717) is 11.3 Å². The lowest BCUT2D eigenvalue weighted by molar-refractivity contribution is 0.0734. The molecule has 0 N–H and O–H groups in total. The molecule has 15 heavy (non-hydrogen) atoms. The standard InChI is InChI=1S/C12H8NO2/c14-12(10-4-2-1-3-5-10)15-11-6-8-13-9-7-11/h1-6,8-9H. The number of hydrogen-bond donors (Lipinski definition) is 0. The van der Waals surface area contributed by atoms with Gasteiger partial charge < -0.3 is 4.74 Å². The van der Waals surface area contributed by atoms with Gasteiger partial charge in [0, 0.05) is 18.5 Å². The molecule has 3 heteroatoms. The van der Waals surface area contributed by atoms with E-state index in [1.165, 1.54) is 6.20 Å². The van der Waals surface area contributed by atoms with Gasteiger partial charge in [-0.3, -0.25) is 4.98 Å². The van der Waals surface area contributed by atoms with Crippen molar-refractivity contribution >= 4 is 5.97 Å². The minimum absolute atomic E-state index is 0.374. The fraction of sp³-hybridized carbons (Fsp3) is 0. The number of esters is 1. The van der Waals surface area contributed by atoms with Gasteiger partial charge in [-0.25, -0.2) is 4.79 Å². The van der Waals surface area contributed by atoms with Crippen LogP contribution in [0.15, 0.2) is 48.8 Å². The van der Waals surface area contributed by atoms with Crippen LogP contribution in [0.25, 0.3) is 0 Å². The van der Waals surface area contributed by atoms with Crippen LogP contribution in [0.5, 0.6) is 5.75 Å². The van der Waals surface area contributed by atoms with Crippen molar-refractivity contribution in [3.8, 4) is 5.75 Å². The highest BCUT2D eigenvalue weighted by Crippen LogP contribution is 2.09. The highest BCUT2D eigenvalue weighted by molar-refractivity contribution is 5.90. The summed E-state index contributed by atoms with van der Waals surface area (Å²) in [6.07, 6.45) is 3.00. The quantitative estimate of drug-likeness (QED) is 0.693. The zero-order valence-electron chi connectivity index (χ0n) is 7.88. The number of nitrogens with zero attached hydrogens (tertiary/aromatic N) is 1. The second kappa shape index (κ2) is 4.37. The molecule has 2 aromatic rings. The summed E-state index contributed by atoms with van der Waals surface area (Å²) in [5, 5.41) is 0. The maximum atomic E-state index is 11.6. The second-order valence-electron chi connectivity index (χ2n) is 2.86. The van der Waals surface area contributed by atoms with Gasteiger partial charge in [0.15, 0.2) is 0 Å². The summed E-state index contributed by atoms with van der Waals surface area (Å²) in [5.41, 5.74) is 0.516. The van der Waals surface area contributed by atoms with E-state index in [0.717, 1.165) is 0 Å². The lowest BCUT2D eigenvalue weighted by Gasteiger charge is -2.02. The molecule has 0 amide bonds. The molecule has 0 bridgehead atoms. The molecule has 0 unspecified atom stereocenters. The Balaban J connectivity index is 2.12. The van der Waals surface area contributed by atoms with Gasteiger partial charge in [-0.15, -0.1) is 0 Å². The highest BCUT2D eigenvalue weighted by Gasteiger charge is 2.06. The molecule has 1 aromatic heterocycles. The number of pyridine rings is 1. The second-order valence-corrected chi connectivity index (χ2v) is 2.86. The van der Waals surface area contributed by atoms with Crippen LogP contribution in [-0.2, 0) is 0 Å². The molecule has 0 saturated carbocycles. The Morgan fingerprint density at radius 2 is 2.00 bits per heavy atom. The maximum absolute atomic E-state index is 11.6. The maximum Gasteiger partial charge on any atom is 0.343 e. The number of hydrogen-bond acceptors (Lipinski definition) is 3. The zero-order chi connectivity index (χ0) is 10.5. The molecule has 0 aliphatic heterocycles. The topological polar surface area (TPSA) is 39.2 Å². The van der Waals surface area contributed by atoms with Gasteiger partial charge in [0.1, 0.15) is 5.75 Å². The minimum atomic E-state index is -0.391. The van der Waals surface area contributed by atoms with Crippen molar-refractivity contribution in [1.82, 2.24) is 4.98 Å². The number of carbonyl (C=O) groups is 1. The van der Waals surface area contributed by atoms with Crippen LogP contribution >= 0.6 is 0 Å². The summed E-state index contributed by atoms with van der Waals surface area (Å²) in [4.78, 5) is 15.3. The lowest BCUT2D eigenvalue weighted by Crippen LogP contribution is -2.07. The van der Waals surface area contributed by atoms with Gasteiger partial charge in [-0.2, -0.15) is 0 Å². The third kappa shape index (κ3) is 2.40. The predicted molar refractivity (Wildman–Crippen MR) is 54.5 cm³/mol. The Morgan fingerprint density at radius 3 is 2.67 bits per heavy atom. The Morgan fingerprint density at radius 1 is 1.20 bits per heavy atom. The fourth-order valence-corrected chi connectivity index (χ4v) is 1.10. The monoisotopic (exact) mass is 198 g/mol. The first-order chi connectivity index (χ1) is 7.36. The molecule has 1 radical (unpaired) electrons. The first-order valence-corrected chi connectivity index (χ1v) is 4.45. The van der Waals surface area contributed by atoms with E-state index < -0.39 is 5.97 Å². The van der Waals surface area contributed by atoms with E-state index in [9.17, 15) is 4.79 Å². The molecule has 1 heterocycles. The summed E-state index contributed by atoms with van der Waals surface area (Å²) in [5.74, 6) is -0.0168. The van der Waals surface area contributed by atoms with Gasteiger partial charge in [0.2, 0.25) is 0 Å². The molecule has 2 rings (SSSR count). The van der Waals surface area contributed by atoms with E-state index in [-0.39, 0.29) is 0 Å². The summed E-state index contributed by atoms with van der Waals surface area (Å²) in [6, 6.07) is 13.1. The first kappa shape index (κ1) is 9.40. The van der Waals surface area contributed by atoms with Gasteiger partial charge in [-0.1, -0.05) is 18.2 Å². The normalized spacial score (nSPS) is 9.60. The van der Waals surface area contributed by atoms with Gasteiger partial charge >= 0.3 is 5.97 Å². The van der Waals surface area contributed by atoms with Crippen LogP contribution < -0.4 is 4.74 Å². The SMILES string of the molecule is O=C(Oc1[c]cncc1)c1ccccc1. The number of ether oxygens (including phenoxy) is 1. The predicted octanol–water partition coefficient (Wildman–Crippen LogP) is 2.10. The molecular weight excluding hydrogens is 190 g/mol. The Bertz CT molecular complexity index is 440. The van der Waals surface area contributed by atoms with E-state index in [2.05, 4.69) is 11.1 Å². The van der Waals surface area contributed by atoms with E-state index in [1.54, 1.807) is 36.5 Å². The minimum Gasteiger partial charge on any atom is -0.422 e. The molecule has 3 nitrogen and oxygen atoms in total. The average molecular weight is 198 g/mol. The van der Waals surface area contributed by atoms with Crippen molar-refractivity contribution < 1.29 is 9.53 Å². The van der Waals surface area contributed by atoms with Crippen LogP contribution in [0.4, 0.5) is 0 Å². The molecule has 73 valence electrons.